The second-order valence-electron chi connectivity index (χ2n) is 7.31. The van der Waals surface area contributed by atoms with Gasteiger partial charge in [-0.1, -0.05) is 24.3 Å². The molecule has 0 spiro atoms. The van der Waals surface area contributed by atoms with Crippen molar-refractivity contribution in [2.75, 3.05) is 11.5 Å². The molecule has 0 saturated carbocycles. The first-order chi connectivity index (χ1) is 15.9. The van der Waals surface area contributed by atoms with Crippen LogP contribution in [-0.2, 0) is 12.4 Å². The summed E-state index contributed by atoms with van der Waals surface area (Å²) < 4.78 is 90.4. The molecule has 0 heterocycles. The molecule has 0 fully saturated rings. The smallest absolute Gasteiger partial charge is 0.418 e. The molecule has 0 bridgehead atoms. The first-order valence-electron chi connectivity index (χ1n) is 9.74. The van der Waals surface area contributed by atoms with Gasteiger partial charge in [-0.25, -0.2) is 0 Å². The Kier molecular flexibility index (Phi) is 5.68. The predicted octanol–water partition coefficient (Wildman–Crippen LogP) is 7.63. The van der Waals surface area contributed by atoms with Crippen LogP contribution in [0.25, 0.3) is 10.8 Å². The summed E-state index contributed by atoms with van der Waals surface area (Å²) in [6.07, 6.45) is -9.31. The van der Waals surface area contributed by atoms with Gasteiger partial charge >= 0.3 is 12.4 Å². The molecule has 0 unspecified atom stereocenters. The topological polar surface area (TPSA) is 70.5 Å². The Balaban J connectivity index is 1.71. The second kappa shape index (κ2) is 8.36. The van der Waals surface area contributed by atoms with E-state index in [-0.39, 0.29) is 23.0 Å². The minimum Gasteiger partial charge on any atom is -0.457 e. The second-order valence-corrected chi connectivity index (χ2v) is 7.31. The third-order valence-electron chi connectivity index (χ3n) is 4.96. The highest BCUT2D eigenvalue weighted by atomic mass is 19.4. The maximum atomic E-state index is 13.2. The summed E-state index contributed by atoms with van der Waals surface area (Å²) in [5, 5.41) is 0.939. The lowest BCUT2D eigenvalue weighted by Crippen LogP contribution is -2.09. The van der Waals surface area contributed by atoms with Crippen LogP contribution in [-0.4, -0.2) is 0 Å². The molecule has 0 saturated heterocycles. The zero-order valence-electron chi connectivity index (χ0n) is 17.2. The van der Waals surface area contributed by atoms with E-state index in [2.05, 4.69) is 0 Å². The van der Waals surface area contributed by atoms with E-state index in [1.54, 1.807) is 36.4 Å². The molecule has 4 rings (SSSR count). The van der Waals surface area contributed by atoms with E-state index in [0.717, 1.165) is 24.3 Å². The van der Waals surface area contributed by atoms with Gasteiger partial charge in [0.05, 0.1) is 11.1 Å². The lowest BCUT2D eigenvalue weighted by atomic mass is 10.1. The minimum absolute atomic E-state index is 0.0892. The SMILES string of the molecule is Nc1ccc(Oc2cccc3c(Oc4ccc(N)c(C(F)(F)F)c4)cccc23)cc1C(F)(F)F. The molecular formula is C24H16F6N2O2. The normalized spacial score (nSPS) is 12.1. The zero-order chi connectivity index (χ0) is 24.7. The molecule has 4 N–H and O–H groups in total. The minimum atomic E-state index is -4.66. The van der Waals surface area contributed by atoms with Crippen LogP contribution in [0.3, 0.4) is 0 Å². The highest BCUT2D eigenvalue weighted by Crippen LogP contribution is 2.41. The Morgan fingerprint density at radius 2 is 0.912 bits per heavy atom. The fourth-order valence-electron chi connectivity index (χ4n) is 3.37. The number of benzene rings is 4. The number of nitrogen functional groups attached to an aromatic ring is 2. The van der Waals surface area contributed by atoms with Gasteiger partial charge in [0.2, 0.25) is 0 Å². The number of hydrogen-bond donors (Lipinski definition) is 2. The highest BCUT2D eigenvalue weighted by Gasteiger charge is 2.34. The predicted molar refractivity (Wildman–Crippen MR) is 116 cm³/mol. The van der Waals surface area contributed by atoms with Crippen LogP contribution < -0.4 is 20.9 Å². The van der Waals surface area contributed by atoms with Crippen molar-refractivity contribution >= 4 is 22.1 Å². The van der Waals surface area contributed by atoms with Gasteiger partial charge in [-0.3, -0.25) is 0 Å². The van der Waals surface area contributed by atoms with Crippen molar-refractivity contribution in [3.8, 4) is 23.0 Å². The van der Waals surface area contributed by atoms with Gasteiger partial charge in [0.25, 0.3) is 0 Å². The molecule has 0 amide bonds. The Labute approximate surface area is 189 Å². The molecule has 34 heavy (non-hydrogen) atoms. The van der Waals surface area contributed by atoms with E-state index in [4.69, 9.17) is 20.9 Å². The van der Waals surface area contributed by atoms with Crippen molar-refractivity contribution in [1.82, 2.24) is 0 Å². The van der Waals surface area contributed by atoms with E-state index in [1.807, 2.05) is 0 Å². The molecule has 0 aromatic heterocycles. The number of ether oxygens (including phenoxy) is 2. The van der Waals surface area contributed by atoms with Crippen LogP contribution in [0.4, 0.5) is 37.7 Å². The fraction of sp³-hybridized carbons (Fsp3) is 0.0833. The standard InChI is InChI=1S/C24H16F6N2O2/c25-23(26,27)17-11-13(7-9-19(17)31)33-21-5-1-3-15-16(21)4-2-6-22(15)34-14-8-10-20(32)18(12-14)24(28,29)30/h1-12H,31-32H2. The lowest BCUT2D eigenvalue weighted by molar-refractivity contribution is -0.137. The average molecular weight is 478 g/mol. The van der Waals surface area contributed by atoms with Crippen molar-refractivity contribution in [2.45, 2.75) is 12.4 Å². The Morgan fingerprint density at radius 1 is 0.529 bits per heavy atom. The molecule has 10 heteroatoms. The maximum absolute atomic E-state index is 13.2. The molecule has 176 valence electrons. The quantitative estimate of drug-likeness (QED) is 0.234. The maximum Gasteiger partial charge on any atom is 0.418 e. The third kappa shape index (κ3) is 4.66. The van der Waals surface area contributed by atoms with Gasteiger partial charge in [0.15, 0.2) is 0 Å². The lowest BCUT2D eigenvalue weighted by Gasteiger charge is -2.15. The van der Waals surface area contributed by atoms with Crippen LogP contribution in [0.1, 0.15) is 11.1 Å². The Bertz CT molecular complexity index is 1260. The number of alkyl halides is 6. The molecule has 4 aromatic rings. The molecule has 0 atom stereocenters. The van der Waals surface area contributed by atoms with Gasteiger partial charge in [-0.05, 0) is 48.5 Å². The van der Waals surface area contributed by atoms with Crippen molar-refractivity contribution in [1.29, 1.82) is 0 Å². The van der Waals surface area contributed by atoms with Gasteiger partial charge in [0, 0.05) is 22.1 Å². The van der Waals surface area contributed by atoms with E-state index in [0.29, 0.717) is 10.8 Å². The first-order valence-corrected chi connectivity index (χ1v) is 9.74. The van der Waals surface area contributed by atoms with Crippen molar-refractivity contribution in [2.24, 2.45) is 0 Å². The first kappa shape index (κ1) is 23.1. The summed E-state index contributed by atoms with van der Waals surface area (Å²) in [6.45, 7) is 0. The van der Waals surface area contributed by atoms with E-state index >= 15 is 0 Å². The summed E-state index contributed by atoms with van der Waals surface area (Å²) in [5.74, 6) is 0.255. The molecule has 0 aliphatic heterocycles. The van der Waals surface area contributed by atoms with E-state index < -0.39 is 34.9 Å². The number of fused-ring (bicyclic) bond motifs is 1. The third-order valence-corrected chi connectivity index (χ3v) is 4.96. The van der Waals surface area contributed by atoms with Gasteiger partial charge < -0.3 is 20.9 Å². The average Bonchev–Trinajstić information content (AvgIpc) is 2.75. The summed E-state index contributed by atoms with van der Waals surface area (Å²) in [5.41, 5.74) is 7.93. The van der Waals surface area contributed by atoms with Crippen LogP contribution in [0, 0.1) is 0 Å². The number of hydrogen-bond acceptors (Lipinski definition) is 4. The monoisotopic (exact) mass is 478 g/mol. The van der Waals surface area contributed by atoms with Gasteiger partial charge in [-0.15, -0.1) is 0 Å². The van der Waals surface area contributed by atoms with Crippen LogP contribution in [0.15, 0.2) is 72.8 Å². The molecule has 0 aliphatic rings. The Hall–Kier alpha value is -4.08. The summed E-state index contributed by atoms with van der Waals surface area (Å²) in [4.78, 5) is 0. The zero-order valence-corrected chi connectivity index (χ0v) is 17.2. The molecule has 0 radical (unpaired) electrons. The largest absolute Gasteiger partial charge is 0.457 e. The van der Waals surface area contributed by atoms with E-state index in [1.165, 1.54) is 12.1 Å². The van der Waals surface area contributed by atoms with Crippen LogP contribution in [0.5, 0.6) is 23.0 Å². The Morgan fingerprint density at radius 3 is 1.26 bits per heavy atom. The molecule has 4 nitrogen and oxygen atoms in total. The van der Waals surface area contributed by atoms with E-state index in [9.17, 15) is 26.3 Å². The molecule has 0 aliphatic carbocycles. The van der Waals surface area contributed by atoms with Crippen LogP contribution in [0.2, 0.25) is 0 Å². The summed E-state index contributed by atoms with van der Waals surface area (Å²) in [6, 6.07) is 15.9. The number of anilines is 2. The highest BCUT2D eigenvalue weighted by molar-refractivity contribution is 5.93. The number of nitrogens with two attached hydrogens (primary N) is 2. The molecular weight excluding hydrogens is 462 g/mol. The van der Waals surface area contributed by atoms with Crippen molar-refractivity contribution < 1.29 is 35.8 Å². The number of rotatable bonds is 4. The molecule has 4 aromatic carbocycles. The summed E-state index contributed by atoms with van der Waals surface area (Å²) in [7, 11) is 0. The number of halogens is 6. The van der Waals surface area contributed by atoms with Crippen molar-refractivity contribution in [3.63, 3.8) is 0 Å². The van der Waals surface area contributed by atoms with Gasteiger partial charge in [-0.2, -0.15) is 26.3 Å². The van der Waals surface area contributed by atoms with Crippen molar-refractivity contribution in [3.05, 3.63) is 83.9 Å². The van der Waals surface area contributed by atoms with Crippen LogP contribution >= 0.6 is 0 Å². The van der Waals surface area contributed by atoms with Gasteiger partial charge in [0.1, 0.15) is 23.0 Å². The fourth-order valence-corrected chi connectivity index (χ4v) is 3.37. The summed E-state index contributed by atoms with van der Waals surface area (Å²) >= 11 is 0.